The zero-order valence-corrected chi connectivity index (χ0v) is 17.1. The van der Waals surface area contributed by atoms with Crippen molar-refractivity contribution in [3.63, 3.8) is 0 Å². The number of rotatable bonds is 3. The molecule has 0 aliphatic heterocycles. The van der Waals surface area contributed by atoms with Crippen LogP contribution in [0.2, 0.25) is 0 Å². The van der Waals surface area contributed by atoms with Crippen LogP contribution in [-0.2, 0) is 0 Å². The second kappa shape index (κ2) is 7.30. The molecule has 0 fully saturated rings. The number of fused-ring (bicyclic) bond motifs is 3. The van der Waals surface area contributed by atoms with Crippen LogP contribution in [0.3, 0.4) is 0 Å². The average molecular weight is 396 g/mol. The summed E-state index contributed by atoms with van der Waals surface area (Å²) in [7, 11) is 0. The molecular formula is C30H21N. The summed E-state index contributed by atoms with van der Waals surface area (Å²) in [6.07, 6.45) is 0. The van der Waals surface area contributed by atoms with E-state index < -0.39 is 0 Å². The van der Waals surface area contributed by atoms with Crippen LogP contribution in [0.4, 0.5) is 17.1 Å². The number of nitrogens with zero attached hydrogens (tertiary/aromatic N) is 1. The summed E-state index contributed by atoms with van der Waals surface area (Å²) in [6.45, 7) is 0. The van der Waals surface area contributed by atoms with Gasteiger partial charge < -0.3 is 4.90 Å². The molecule has 1 heteroatoms. The molecule has 0 aliphatic carbocycles. The van der Waals surface area contributed by atoms with Gasteiger partial charge in [-0.3, -0.25) is 0 Å². The van der Waals surface area contributed by atoms with Gasteiger partial charge >= 0.3 is 0 Å². The predicted octanol–water partition coefficient (Wildman–Crippen LogP) is 8.62. The van der Waals surface area contributed by atoms with Crippen LogP contribution in [0.15, 0.2) is 127 Å². The Balaban J connectivity index is 1.59. The minimum Gasteiger partial charge on any atom is -0.310 e. The zero-order valence-electron chi connectivity index (χ0n) is 17.1. The van der Waals surface area contributed by atoms with E-state index >= 15 is 0 Å². The van der Waals surface area contributed by atoms with Gasteiger partial charge in [-0.15, -0.1) is 0 Å². The lowest BCUT2D eigenvalue weighted by atomic mass is 10.0. The van der Waals surface area contributed by atoms with Crippen LogP contribution in [0, 0.1) is 0 Å². The summed E-state index contributed by atoms with van der Waals surface area (Å²) in [4.78, 5) is 2.35. The van der Waals surface area contributed by atoms with E-state index in [1.54, 1.807) is 0 Å². The van der Waals surface area contributed by atoms with E-state index in [1.807, 2.05) is 0 Å². The molecule has 0 saturated heterocycles. The van der Waals surface area contributed by atoms with Gasteiger partial charge in [-0.1, -0.05) is 91.0 Å². The van der Waals surface area contributed by atoms with Crippen molar-refractivity contribution in [2.24, 2.45) is 0 Å². The zero-order chi connectivity index (χ0) is 20.6. The monoisotopic (exact) mass is 395 g/mol. The van der Waals surface area contributed by atoms with E-state index in [1.165, 1.54) is 32.3 Å². The minimum absolute atomic E-state index is 1.16. The van der Waals surface area contributed by atoms with Gasteiger partial charge in [0.25, 0.3) is 0 Å². The molecule has 0 bridgehead atoms. The Bertz CT molecular complexity index is 1360. The Kier molecular flexibility index (Phi) is 4.18. The van der Waals surface area contributed by atoms with Crippen LogP contribution >= 0.6 is 0 Å². The Labute approximate surface area is 181 Å². The lowest BCUT2D eigenvalue weighted by molar-refractivity contribution is 1.30. The molecule has 6 aromatic rings. The van der Waals surface area contributed by atoms with E-state index in [9.17, 15) is 0 Å². The molecule has 0 N–H and O–H groups in total. The van der Waals surface area contributed by atoms with Crippen molar-refractivity contribution in [3.05, 3.63) is 127 Å². The highest BCUT2D eigenvalue weighted by Crippen LogP contribution is 2.38. The topological polar surface area (TPSA) is 3.24 Å². The Hall–Kier alpha value is -4.10. The van der Waals surface area contributed by atoms with E-state index in [0.29, 0.717) is 0 Å². The number of hydrogen-bond donors (Lipinski definition) is 0. The van der Waals surface area contributed by atoms with Crippen molar-refractivity contribution in [2.45, 2.75) is 0 Å². The normalized spacial score (nSPS) is 11.2. The maximum atomic E-state index is 2.35. The molecule has 0 saturated carbocycles. The van der Waals surface area contributed by atoms with Gasteiger partial charge in [0.1, 0.15) is 0 Å². The maximum absolute atomic E-state index is 2.35. The molecule has 6 rings (SSSR count). The summed E-state index contributed by atoms with van der Waals surface area (Å²) in [5, 5.41) is 7.49. The van der Waals surface area contributed by atoms with Gasteiger partial charge in [0.05, 0.1) is 0 Å². The summed E-state index contributed by atoms with van der Waals surface area (Å²) >= 11 is 0. The van der Waals surface area contributed by atoms with Crippen LogP contribution < -0.4 is 4.90 Å². The first-order chi connectivity index (χ1) is 15.3. The fourth-order valence-electron chi connectivity index (χ4n) is 4.39. The Morgan fingerprint density at radius 3 is 0.903 bits per heavy atom. The molecule has 0 aliphatic rings. The summed E-state index contributed by atoms with van der Waals surface area (Å²) in [5.41, 5.74) is 3.47. The first-order valence-electron chi connectivity index (χ1n) is 10.6. The standard InChI is InChI=1S/C30H21N/c1-4-10-25-19-28(16-13-22(25)7-1)31(29-17-14-23-8-2-5-11-26(23)20-29)30-18-15-24-9-3-6-12-27(24)21-30/h1-21H. The molecule has 1 nitrogen and oxygen atoms in total. The first-order valence-corrected chi connectivity index (χ1v) is 10.6. The van der Waals surface area contributed by atoms with Crippen molar-refractivity contribution in [2.75, 3.05) is 4.90 Å². The van der Waals surface area contributed by atoms with Gasteiger partial charge in [-0.2, -0.15) is 0 Å². The summed E-state index contributed by atoms with van der Waals surface area (Å²) in [6, 6.07) is 45.7. The SMILES string of the molecule is c1ccc2cc(N(c3ccc4ccccc4c3)c3ccc4ccccc4c3)ccc2c1. The third-order valence-corrected chi connectivity index (χ3v) is 5.97. The number of hydrogen-bond acceptors (Lipinski definition) is 1. The second-order valence-corrected chi connectivity index (χ2v) is 7.93. The van der Waals surface area contributed by atoms with Gasteiger partial charge in [0.15, 0.2) is 0 Å². The van der Waals surface area contributed by atoms with Gasteiger partial charge in [-0.05, 0) is 68.7 Å². The molecule has 0 unspecified atom stereocenters. The minimum atomic E-state index is 1.16. The van der Waals surface area contributed by atoms with E-state index in [4.69, 9.17) is 0 Å². The molecule has 0 spiro atoms. The lowest BCUT2D eigenvalue weighted by Gasteiger charge is -2.26. The van der Waals surface area contributed by atoms with E-state index in [2.05, 4.69) is 132 Å². The predicted molar refractivity (Wildman–Crippen MR) is 134 cm³/mol. The molecule has 0 heterocycles. The van der Waals surface area contributed by atoms with Crippen molar-refractivity contribution < 1.29 is 0 Å². The van der Waals surface area contributed by atoms with E-state index in [-0.39, 0.29) is 0 Å². The smallest absolute Gasteiger partial charge is 0.0468 e. The molecule has 0 radical (unpaired) electrons. The largest absolute Gasteiger partial charge is 0.310 e. The van der Waals surface area contributed by atoms with Gasteiger partial charge in [-0.25, -0.2) is 0 Å². The Morgan fingerprint density at radius 2 is 0.581 bits per heavy atom. The maximum Gasteiger partial charge on any atom is 0.0468 e. The molecule has 0 aromatic heterocycles. The first kappa shape index (κ1) is 17.7. The number of anilines is 3. The van der Waals surface area contributed by atoms with Gasteiger partial charge in [0, 0.05) is 17.1 Å². The van der Waals surface area contributed by atoms with Crippen molar-refractivity contribution in [1.82, 2.24) is 0 Å². The molecular weight excluding hydrogens is 374 g/mol. The summed E-state index contributed by atoms with van der Waals surface area (Å²) in [5.74, 6) is 0. The van der Waals surface area contributed by atoms with Crippen LogP contribution in [0.25, 0.3) is 32.3 Å². The highest BCUT2D eigenvalue weighted by Gasteiger charge is 2.14. The van der Waals surface area contributed by atoms with E-state index in [0.717, 1.165) is 17.1 Å². The third-order valence-electron chi connectivity index (χ3n) is 5.97. The molecule has 0 amide bonds. The van der Waals surface area contributed by atoms with Crippen molar-refractivity contribution in [1.29, 1.82) is 0 Å². The fourth-order valence-corrected chi connectivity index (χ4v) is 4.39. The lowest BCUT2D eigenvalue weighted by Crippen LogP contribution is -2.09. The molecule has 31 heavy (non-hydrogen) atoms. The fraction of sp³-hybridized carbons (Fsp3) is 0. The van der Waals surface area contributed by atoms with Crippen LogP contribution in [-0.4, -0.2) is 0 Å². The van der Waals surface area contributed by atoms with Crippen LogP contribution in [0.5, 0.6) is 0 Å². The Morgan fingerprint density at radius 1 is 0.290 bits per heavy atom. The highest BCUT2D eigenvalue weighted by atomic mass is 15.1. The molecule has 6 aromatic carbocycles. The third kappa shape index (κ3) is 3.21. The average Bonchev–Trinajstić information content (AvgIpc) is 2.84. The quantitative estimate of drug-likeness (QED) is 0.290. The van der Waals surface area contributed by atoms with Crippen molar-refractivity contribution in [3.8, 4) is 0 Å². The summed E-state index contributed by atoms with van der Waals surface area (Å²) < 4.78 is 0. The second-order valence-electron chi connectivity index (χ2n) is 7.93. The van der Waals surface area contributed by atoms with Crippen molar-refractivity contribution >= 4 is 49.4 Å². The number of benzene rings is 6. The molecule has 0 atom stereocenters. The highest BCUT2D eigenvalue weighted by molar-refractivity contribution is 5.94. The molecule has 146 valence electrons. The van der Waals surface area contributed by atoms with Crippen LogP contribution in [0.1, 0.15) is 0 Å². The van der Waals surface area contributed by atoms with Gasteiger partial charge in [0.2, 0.25) is 0 Å².